The van der Waals surface area contributed by atoms with E-state index in [9.17, 15) is 34.5 Å². The van der Waals surface area contributed by atoms with Gasteiger partial charge in [-0.05, 0) is 24.0 Å². The number of hydrogen-bond donors (Lipinski definition) is 2. The van der Waals surface area contributed by atoms with Crippen molar-refractivity contribution in [2.45, 2.75) is 0 Å². The average Bonchev–Trinajstić information content (AvgIpc) is 2.53. The maximum atomic E-state index is 12.1. The molecule has 0 heterocycles. The zero-order valence-corrected chi connectivity index (χ0v) is 12.5. The number of rotatable bonds is 7. The molecule has 0 bridgehead atoms. The third kappa shape index (κ3) is 4.58. The van der Waals surface area contributed by atoms with Crippen molar-refractivity contribution >= 4 is 23.7 Å². The second-order valence-electron chi connectivity index (χ2n) is 4.43. The van der Waals surface area contributed by atoms with Gasteiger partial charge in [0.25, 0.3) is 0 Å². The molecule has 0 aliphatic carbocycles. The molecular weight excluding hydrogens is 340 g/mol. The van der Waals surface area contributed by atoms with E-state index in [0.29, 0.717) is 6.07 Å². The number of aliphatic carboxylic acids is 2. The van der Waals surface area contributed by atoms with Gasteiger partial charge in [0.05, 0.1) is 18.6 Å². The summed E-state index contributed by atoms with van der Waals surface area (Å²) in [5.41, 5.74) is -2.32. The molecule has 0 saturated heterocycles. The van der Waals surface area contributed by atoms with E-state index in [1.54, 1.807) is 0 Å². The fourth-order valence-corrected chi connectivity index (χ4v) is 1.64. The summed E-state index contributed by atoms with van der Waals surface area (Å²) < 4.78 is 4.66. The van der Waals surface area contributed by atoms with Crippen molar-refractivity contribution < 1.29 is 49.4 Å². The van der Waals surface area contributed by atoms with Crippen LogP contribution >= 0.6 is 0 Å². The van der Waals surface area contributed by atoms with Gasteiger partial charge < -0.3 is 35.1 Å². The van der Waals surface area contributed by atoms with Crippen LogP contribution in [0.15, 0.2) is 35.6 Å². The lowest BCUT2D eigenvalue weighted by Gasteiger charge is -2.17. The highest BCUT2D eigenvalue weighted by molar-refractivity contribution is 6.12. The average molecular weight is 349 g/mol. The Labute approximate surface area is 139 Å². The maximum absolute atomic E-state index is 12.1. The van der Waals surface area contributed by atoms with Crippen molar-refractivity contribution in [2.24, 2.45) is 0 Å². The molecule has 0 aliphatic heterocycles. The van der Waals surface area contributed by atoms with Crippen molar-refractivity contribution in [3.05, 3.63) is 46.7 Å². The first-order chi connectivity index (χ1) is 11.6. The van der Waals surface area contributed by atoms with Crippen LogP contribution in [0.25, 0.3) is 0 Å². The third-order valence-corrected chi connectivity index (χ3v) is 2.81. The SMILES string of the molecule is COc1cc(C(=O)O)cc(C(=O)/C=C(\C=C(/[O-])C(=O)O)C(=O)[O-])c1[O-]. The first-order valence-corrected chi connectivity index (χ1v) is 6.30. The summed E-state index contributed by atoms with van der Waals surface area (Å²) in [4.78, 5) is 44.4. The fraction of sp³-hybridized carbons (Fsp3) is 0.0667. The molecule has 10 nitrogen and oxygen atoms in total. The van der Waals surface area contributed by atoms with Crippen LogP contribution < -0.4 is 20.1 Å². The van der Waals surface area contributed by atoms with Gasteiger partial charge in [-0.25, -0.2) is 9.59 Å². The number of benzene rings is 1. The molecule has 0 radical (unpaired) electrons. The predicted molar refractivity (Wildman–Crippen MR) is 72.5 cm³/mol. The Morgan fingerprint density at radius 1 is 1.08 bits per heavy atom. The van der Waals surface area contributed by atoms with E-state index in [1.165, 1.54) is 0 Å². The summed E-state index contributed by atoms with van der Waals surface area (Å²) in [5, 5.41) is 51.3. The van der Waals surface area contributed by atoms with Gasteiger partial charge in [-0.15, -0.1) is 0 Å². The highest BCUT2D eigenvalue weighted by Gasteiger charge is 2.14. The molecular formula is C15H9O10-3. The number of ether oxygens (including phenoxy) is 1. The number of methoxy groups -OCH3 is 1. The molecule has 10 heteroatoms. The molecule has 0 amide bonds. The first-order valence-electron chi connectivity index (χ1n) is 6.30. The number of allylic oxidation sites excluding steroid dienone is 1. The zero-order chi connectivity index (χ0) is 19.3. The summed E-state index contributed by atoms with van der Waals surface area (Å²) in [5.74, 6) is -9.91. The van der Waals surface area contributed by atoms with E-state index in [0.717, 1.165) is 13.2 Å². The lowest BCUT2D eigenvalue weighted by Crippen LogP contribution is -2.26. The smallest absolute Gasteiger partial charge is 0.335 e. The van der Waals surface area contributed by atoms with Gasteiger partial charge in [0.15, 0.2) is 5.78 Å². The number of aromatic carboxylic acids is 1. The first kappa shape index (κ1) is 19.2. The zero-order valence-electron chi connectivity index (χ0n) is 12.5. The van der Waals surface area contributed by atoms with Crippen molar-refractivity contribution in [1.29, 1.82) is 0 Å². The summed E-state index contributed by atoms with van der Waals surface area (Å²) in [6.07, 6.45) is 0.399. The van der Waals surface area contributed by atoms with Crippen LogP contribution in [-0.4, -0.2) is 41.0 Å². The van der Waals surface area contributed by atoms with E-state index in [-0.39, 0.29) is 12.2 Å². The summed E-state index contributed by atoms with van der Waals surface area (Å²) in [6, 6.07) is 1.56. The largest absolute Gasteiger partial charge is 0.869 e. The minimum absolute atomic E-state index is 0.123. The second-order valence-corrected chi connectivity index (χ2v) is 4.43. The van der Waals surface area contributed by atoms with Crippen molar-refractivity contribution in [3.8, 4) is 11.5 Å². The molecule has 0 fully saturated rings. The summed E-state index contributed by atoms with van der Waals surface area (Å²) in [7, 11) is 1.05. The van der Waals surface area contributed by atoms with E-state index < -0.39 is 57.6 Å². The molecule has 132 valence electrons. The van der Waals surface area contributed by atoms with Gasteiger partial charge in [0.1, 0.15) is 5.75 Å². The number of carboxylic acids is 3. The van der Waals surface area contributed by atoms with Gasteiger partial charge in [0, 0.05) is 11.1 Å². The lowest BCUT2D eigenvalue weighted by atomic mass is 10.0. The Bertz CT molecular complexity index is 816. The Balaban J connectivity index is 3.49. The number of carboxylic acid groups (broad SMARTS) is 3. The molecule has 1 aromatic rings. The number of carbonyl (C=O) groups excluding carboxylic acids is 2. The Morgan fingerprint density at radius 2 is 1.68 bits per heavy atom. The normalized spacial score (nSPS) is 11.7. The lowest BCUT2D eigenvalue weighted by molar-refractivity contribution is -0.305. The van der Waals surface area contributed by atoms with Crippen LogP contribution in [0.5, 0.6) is 11.5 Å². The molecule has 0 aromatic heterocycles. The number of ketones is 1. The van der Waals surface area contributed by atoms with Gasteiger partial charge >= 0.3 is 11.9 Å². The van der Waals surface area contributed by atoms with Crippen LogP contribution in [0.1, 0.15) is 20.7 Å². The summed E-state index contributed by atoms with van der Waals surface area (Å²) in [6.45, 7) is 0. The molecule has 0 unspecified atom stereocenters. The second kappa shape index (κ2) is 7.64. The molecule has 0 spiro atoms. The van der Waals surface area contributed by atoms with Crippen LogP contribution in [0.2, 0.25) is 0 Å². The highest BCUT2D eigenvalue weighted by Crippen LogP contribution is 2.29. The molecule has 25 heavy (non-hydrogen) atoms. The number of hydrogen-bond acceptors (Lipinski definition) is 8. The van der Waals surface area contributed by atoms with E-state index in [1.807, 2.05) is 0 Å². The molecule has 2 N–H and O–H groups in total. The molecule has 0 aliphatic rings. The van der Waals surface area contributed by atoms with Gasteiger partial charge in [-0.2, -0.15) is 0 Å². The summed E-state index contributed by atoms with van der Waals surface area (Å²) >= 11 is 0. The molecule has 0 saturated carbocycles. The third-order valence-electron chi connectivity index (χ3n) is 2.81. The quantitative estimate of drug-likeness (QED) is 0.233. The van der Waals surface area contributed by atoms with Crippen LogP contribution in [0.4, 0.5) is 0 Å². The van der Waals surface area contributed by atoms with Gasteiger partial charge in [0.2, 0.25) is 0 Å². The van der Waals surface area contributed by atoms with Crippen LogP contribution in [0.3, 0.4) is 0 Å². The van der Waals surface area contributed by atoms with Crippen molar-refractivity contribution in [1.82, 2.24) is 0 Å². The highest BCUT2D eigenvalue weighted by atomic mass is 16.5. The topological polar surface area (TPSA) is 187 Å². The van der Waals surface area contributed by atoms with Crippen molar-refractivity contribution in [2.75, 3.05) is 7.11 Å². The minimum atomic E-state index is -2.04. The number of carbonyl (C=O) groups is 4. The van der Waals surface area contributed by atoms with Crippen LogP contribution in [0, 0.1) is 0 Å². The van der Waals surface area contributed by atoms with E-state index >= 15 is 0 Å². The molecule has 1 rings (SSSR count). The Morgan fingerprint density at radius 3 is 2.12 bits per heavy atom. The Hall–Kier alpha value is -3.82. The predicted octanol–water partition coefficient (Wildman–Crippen LogP) is -2.35. The van der Waals surface area contributed by atoms with Crippen molar-refractivity contribution in [3.63, 3.8) is 0 Å². The molecule has 0 atom stereocenters. The standard InChI is InChI=1S/C15H12O10/c1-25-11-5-6(13(19)20)2-8(12(11)18)9(16)3-7(14(21)22)4-10(17)15(23)24/h2-5,17-18H,1H3,(H,19,20)(H,21,22)(H,23,24)/p-3/b7-3+,10-4-. The van der Waals surface area contributed by atoms with Crippen LogP contribution in [-0.2, 0) is 9.59 Å². The Kier molecular flexibility index (Phi) is 5.87. The monoisotopic (exact) mass is 349 g/mol. The van der Waals surface area contributed by atoms with Gasteiger partial charge in [-0.1, -0.05) is 11.8 Å². The van der Waals surface area contributed by atoms with E-state index in [4.69, 9.17) is 10.2 Å². The van der Waals surface area contributed by atoms with Gasteiger partial charge in [-0.3, -0.25) is 4.79 Å². The van der Waals surface area contributed by atoms with E-state index in [2.05, 4.69) is 4.74 Å². The maximum Gasteiger partial charge on any atom is 0.335 e. The minimum Gasteiger partial charge on any atom is -0.869 e. The fourth-order valence-electron chi connectivity index (χ4n) is 1.64. The molecule has 1 aromatic carbocycles.